The second-order valence-electron chi connectivity index (χ2n) is 5.52. The number of aromatic nitrogens is 2. The first-order chi connectivity index (χ1) is 9.67. The minimum absolute atomic E-state index is 0.0203. The Kier molecular flexibility index (Phi) is 5.00. The van der Waals surface area contributed by atoms with Gasteiger partial charge in [0.15, 0.2) is 5.69 Å². The van der Waals surface area contributed by atoms with Crippen LogP contribution in [0.3, 0.4) is 0 Å². The van der Waals surface area contributed by atoms with Crippen LogP contribution >= 0.6 is 0 Å². The predicted molar refractivity (Wildman–Crippen MR) is 77.3 cm³/mol. The first-order valence-electron chi connectivity index (χ1n) is 7.41. The fourth-order valence-corrected chi connectivity index (χ4v) is 2.85. The van der Waals surface area contributed by atoms with Crippen LogP contribution in [0.1, 0.15) is 55.2 Å². The number of nitrogens with zero attached hydrogens (tertiary/aromatic N) is 1. The highest BCUT2D eigenvalue weighted by molar-refractivity contribution is 5.97. The molecule has 1 amide bonds. The predicted octanol–water partition coefficient (Wildman–Crippen LogP) is 1.23. The molecule has 1 aromatic heterocycles. The number of carbonyl (C=O) groups is 1. The van der Waals surface area contributed by atoms with E-state index in [1.807, 2.05) is 6.92 Å². The number of aromatic amines is 1. The molecule has 1 aliphatic rings. The molecule has 2 unspecified atom stereocenters. The maximum atomic E-state index is 12.3. The number of hydrogen-bond acceptors (Lipinski definition) is 4. The van der Waals surface area contributed by atoms with Crippen molar-refractivity contribution in [3.8, 4) is 0 Å². The van der Waals surface area contributed by atoms with E-state index in [0.717, 1.165) is 44.2 Å². The maximum Gasteiger partial charge on any atom is 0.274 e. The van der Waals surface area contributed by atoms with Crippen LogP contribution < -0.4 is 11.1 Å². The lowest BCUT2D eigenvalue weighted by molar-refractivity contribution is 0.0868. The molecule has 2 atom stereocenters. The second kappa shape index (κ2) is 6.74. The largest absolute Gasteiger partial charge is 0.396 e. The molecule has 112 valence electrons. The average molecular weight is 280 g/mol. The van der Waals surface area contributed by atoms with Gasteiger partial charge in [-0.2, -0.15) is 5.10 Å². The number of anilines is 1. The van der Waals surface area contributed by atoms with Crippen LogP contribution in [-0.2, 0) is 6.42 Å². The minimum Gasteiger partial charge on any atom is -0.396 e. The summed E-state index contributed by atoms with van der Waals surface area (Å²) in [5, 5.41) is 19.2. The van der Waals surface area contributed by atoms with Gasteiger partial charge in [0.1, 0.15) is 0 Å². The summed E-state index contributed by atoms with van der Waals surface area (Å²) >= 11 is 0. The van der Waals surface area contributed by atoms with Crippen LogP contribution in [0.25, 0.3) is 0 Å². The summed E-state index contributed by atoms with van der Waals surface area (Å²) < 4.78 is 0. The summed E-state index contributed by atoms with van der Waals surface area (Å²) in [5.74, 6) is -0.102. The minimum atomic E-state index is -0.244. The smallest absolute Gasteiger partial charge is 0.274 e. The number of H-pyrrole nitrogens is 1. The highest BCUT2D eigenvalue weighted by atomic mass is 16.3. The van der Waals surface area contributed by atoms with Gasteiger partial charge in [0, 0.05) is 18.6 Å². The Morgan fingerprint density at radius 2 is 2.25 bits per heavy atom. The molecule has 1 aliphatic carbocycles. The molecule has 6 nitrogen and oxygen atoms in total. The molecule has 1 fully saturated rings. The van der Waals surface area contributed by atoms with Gasteiger partial charge >= 0.3 is 0 Å². The summed E-state index contributed by atoms with van der Waals surface area (Å²) in [5.41, 5.74) is 7.50. The summed E-state index contributed by atoms with van der Waals surface area (Å²) in [6, 6.07) is 0.0203. The van der Waals surface area contributed by atoms with Gasteiger partial charge < -0.3 is 16.2 Å². The SMILES string of the molecule is CCCc1[nH]nc(C(=O)NC2CCCCC2CO)c1N. The molecule has 1 saturated carbocycles. The number of aryl methyl sites for hydroxylation is 1. The molecule has 0 aliphatic heterocycles. The fraction of sp³-hybridized carbons (Fsp3) is 0.714. The van der Waals surface area contributed by atoms with Crippen molar-refractivity contribution in [1.82, 2.24) is 15.5 Å². The Morgan fingerprint density at radius 1 is 1.50 bits per heavy atom. The first kappa shape index (κ1) is 14.8. The lowest BCUT2D eigenvalue weighted by atomic mass is 9.85. The second-order valence-corrected chi connectivity index (χ2v) is 5.52. The van der Waals surface area contributed by atoms with Crippen molar-refractivity contribution in [2.45, 2.75) is 51.5 Å². The zero-order chi connectivity index (χ0) is 14.5. The van der Waals surface area contributed by atoms with Crippen molar-refractivity contribution in [3.63, 3.8) is 0 Å². The number of carbonyl (C=O) groups excluding carboxylic acids is 1. The molecule has 20 heavy (non-hydrogen) atoms. The molecule has 1 aromatic rings. The lowest BCUT2D eigenvalue weighted by Gasteiger charge is -2.30. The van der Waals surface area contributed by atoms with E-state index < -0.39 is 0 Å². The molecule has 0 spiro atoms. The Labute approximate surface area is 119 Å². The monoisotopic (exact) mass is 280 g/mol. The third kappa shape index (κ3) is 3.12. The number of aliphatic hydroxyl groups excluding tert-OH is 1. The first-order valence-corrected chi connectivity index (χ1v) is 7.41. The number of hydrogen-bond donors (Lipinski definition) is 4. The van der Waals surface area contributed by atoms with E-state index in [4.69, 9.17) is 5.73 Å². The quantitative estimate of drug-likeness (QED) is 0.651. The average Bonchev–Trinajstić information content (AvgIpc) is 2.81. The van der Waals surface area contributed by atoms with E-state index in [1.165, 1.54) is 0 Å². The van der Waals surface area contributed by atoms with Crippen molar-refractivity contribution in [2.24, 2.45) is 5.92 Å². The van der Waals surface area contributed by atoms with Crippen LogP contribution in [0, 0.1) is 5.92 Å². The molecule has 0 aromatic carbocycles. The summed E-state index contributed by atoms with van der Waals surface area (Å²) in [7, 11) is 0. The van der Waals surface area contributed by atoms with Crippen LogP contribution in [-0.4, -0.2) is 33.9 Å². The molecule has 6 heteroatoms. The third-order valence-electron chi connectivity index (χ3n) is 4.06. The summed E-state index contributed by atoms with van der Waals surface area (Å²) in [6.07, 6.45) is 5.79. The molecular formula is C14H24N4O2. The van der Waals surface area contributed by atoms with E-state index in [9.17, 15) is 9.90 Å². The fourth-order valence-electron chi connectivity index (χ4n) is 2.85. The van der Waals surface area contributed by atoms with Crippen molar-refractivity contribution >= 4 is 11.6 Å². The van der Waals surface area contributed by atoms with E-state index in [-0.39, 0.29) is 30.2 Å². The number of nitrogen functional groups attached to an aromatic ring is 1. The van der Waals surface area contributed by atoms with Gasteiger partial charge in [-0.1, -0.05) is 26.2 Å². The third-order valence-corrected chi connectivity index (χ3v) is 4.06. The summed E-state index contributed by atoms with van der Waals surface area (Å²) in [6.45, 7) is 2.16. The van der Waals surface area contributed by atoms with Gasteiger partial charge in [-0.15, -0.1) is 0 Å². The summed E-state index contributed by atoms with van der Waals surface area (Å²) in [4.78, 5) is 12.3. The van der Waals surface area contributed by atoms with E-state index in [2.05, 4.69) is 15.5 Å². The van der Waals surface area contributed by atoms with Gasteiger partial charge in [-0.25, -0.2) is 0 Å². The highest BCUT2D eigenvalue weighted by Crippen LogP contribution is 2.24. The molecule has 0 radical (unpaired) electrons. The van der Waals surface area contributed by atoms with Crippen molar-refractivity contribution < 1.29 is 9.90 Å². The lowest BCUT2D eigenvalue weighted by Crippen LogP contribution is -2.43. The Balaban J connectivity index is 2.04. The topological polar surface area (TPSA) is 104 Å². The van der Waals surface area contributed by atoms with Gasteiger partial charge in [-0.3, -0.25) is 9.89 Å². The Bertz CT molecular complexity index is 458. The van der Waals surface area contributed by atoms with Crippen LogP contribution in [0.4, 0.5) is 5.69 Å². The number of nitrogens with two attached hydrogens (primary N) is 1. The number of aliphatic hydroxyl groups is 1. The number of amides is 1. The van der Waals surface area contributed by atoms with Gasteiger partial charge in [0.05, 0.1) is 11.4 Å². The molecule has 0 saturated heterocycles. The Morgan fingerprint density at radius 3 is 2.95 bits per heavy atom. The van der Waals surface area contributed by atoms with Crippen LogP contribution in [0.15, 0.2) is 0 Å². The number of rotatable bonds is 5. The van der Waals surface area contributed by atoms with E-state index in [0.29, 0.717) is 5.69 Å². The molecule has 0 bridgehead atoms. The zero-order valence-corrected chi connectivity index (χ0v) is 12.0. The normalized spacial score (nSPS) is 22.7. The molecule has 1 heterocycles. The van der Waals surface area contributed by atoms with Gasteiger partial charge in [-0.05, 0) is 19.3 Å². The van der Waals surface area contributed by atoms with Crippen molar-refractivity contribution in [1.29, 1.82) is 0 Å². The molecule has 2 rings (SSSR count). The molecular weight excluding hydrogens is 256 g/mol. The van der Waals surface area contributed by atoms with Crippen molar-refractivity contribution in [3.05, 3.63) is 11.4 Å². The Hall–Kier alpha value is -1.56. The van der Waals surface area contributed by atoms with Gasteiger partial charge in [0.2, 0.25) is 0 Å². The standard InChI is InChI=1S/C14H24N4O2/c1-2-5-11-12(15)13(18-17-11)14(20)16-10-7-4-3-6-9(10)8-19/h9-10,19H,2-8,15H2,1H3,(H,16,20)(H,17,18). The molecule has 5 N–H and O–H groups in total. The highest BCUT2D eigenvalue weighted by Gasteiger charge is 2.27. The zero-order valence-electron chi connectivity index (χ0n) is 12.0. The number of nitrogens with one attached hydrogen (secondary N) is 2. The van der Waals surface area contributed by atoms with Crippen molar-refractivity contribution in [2.75, 3.05) is 12.3 Å². The van der Waals surface area contributed by atoms with Crippen LogP contribution in [0.2, 0.25) is 0 Å². The van der Waals surface area contributed by atoms with E-state index in [1.54, 1.807) is 0 Å². The van der Waals surface area contributed by atoms with Gasteiger partial charge in [0.25, 0.3) is 5.91 Å². The maximum absolute atomic E-state index is 12.3. The van der Waals surface area contributed by atoms with Crippen LogP contribution in [0.5, 0.6) is 0 Å². The van der Waals surface area contributed by atoms with E-state index >= 15 is 0 Å².